The van der Waals surface area contributed by atoms with Crippen molar-refractivity contribution in [3.63, 3.8) is 0 Å². The van der Waals surface area contributed by atoms with Crippen molar-refractivity contribution in [2.45, 2.75) is 30.5 Å². The Labute approximate surface area is 76.1 Å². The van der Waals surface area contributed by atoms with Crippen LogP contribution in [0.15, 0.2) is 0 Å². The molecular formula is C8H10Cl2O. The maximum absolute atomic E-state index is 11.4. The molecule has 2 aliphatic carbocycles. The summed E-state index contributed by atoms with van der Waals surface area (Å²) in [4.78, 5) is 11.4. The van der Waals surface area contributed by atoms with Gasteiger partial charge in [0.1, 0.15) is 5.78 Å². The van der Waals surface area contributed by atoms with E-state index in [2.05, 4.69) is 0 Å². The van der Waals surface area contributed by atoms with E-state index in [0.717, 1.165) is 6.42 Å². The van der Waals surface area contributed by atoms with Gasteiger partial charge in [0.25, 0.3) is 0 Å². The van der Waals surface area contributed by atoms with E-state index in [1.165, 1.54) is 0 Å². The van der Waals surface area contributed by atoms with E-state index in [4.69, 9.17) is 23.2 Å². The first kappa shape index (κ1) is 7.88. The van der Waals surface area contributed by atoms with Gasteiger partial charge in [0.05, 0.1) is 10.8 Å². The van der Waals surface area contributed by atoms with Gasteiger partial charge in [0.15, 0.2) is 0 Å². The molecule has 0 radical (unpaired) electrons. The fourth-order valence-corrected chi connectivity index (χ4v) is 3.44. The first-order valence-corrected chi connectivity index (χ1v) is 4.77. The lowest BCUT2D eigenvalue weighted by atomic mass is 9.62. The van der Waals surface area contributed by atoms with Crippen molar-refractivity contribution in [3.05, 3.63) is 0 Å². The van der Waals surface area contributed by atoms with Gasteiger partial charge in [-0.2, -0.15) is 0 Å². The molecule has 2 aliphatic rings. The van der Waals surface area contributed by atoms with E-state index in [-0.39, 0.29) is 16.2 Å². The van der Waals surface area contributed by atoms with E-state index >= 15 is 0 Å². The van der Waals surface area contributed by atoms with Gasteiger partial charge in [0, 0.05) is 11.8 Å². The number of carbonyl (C=O) groups excluding carboxylic acids is 1. The Hall–Kier alpha value is 0.250. The molecule has 1 nitrogen and oxygen atoms in total. The molecule has 0 spiro atoms. The Bertz CT molecular complexity index is 216. The Balaban J connectivity index is 2.30. The SMILES string of the molecule is C[C@]12C(=O)CC[C@H]1C(Cl)C2Cl. The molecule has 0 heterocycles. The van der Waals surface area contributed by atoms with Crippen LogP contribution in [0.3, 0.4) is 0 Å². The molecule has 3 heteroatoms. The average molecular weight is 193 g/mol. The third kappa shape index (κ3) is 0.714. The van der Waals surface area contributed by atoms with Crippen molar-refractivity contribution < 1.29 is 4.79 Å². The third-order valence-corrected chi connectivity index (χ3v) is 4.70. The van der Waals surface area contributed by atoms with Gasteiger partial charge < -0.3 is 0 Å². The van der Waals surface area contributed by atoms with Crippen LogP contribution in [-0.4, -0.2) is 16.5 Å². The monoisotopic (exact) mass is 192 g/mol. The normalized spacial score (nSPS) is 55.5. The molecule has 4 atom stereocenters. The van der Waals surface area contributed by atoms with Crippen LogP contribution < -0.4 is 0 Å². The van der Waals surface area contributed by atoms with Crippen molar-refractivity contribution >= 4 is 29.0 Å². The molecule has 0 bridgehead atoms. The Morgan fingerprint density at radius 3 is 2.73 bits per heavy atom. The number of alkyl halides is 2. The minimum absolute atomic E-state index is 0.0214. The second-order valence-corrected chi connectivity index (χ2v) is 4.67. The van der Waals surface area contributed by atoms with Crippen molar-refractivity contribution in [2.24, 2.45) is 11.3 Å². The van der Waals surface area contributed by atoms with E-state index in [0.29, 0.717) is 18.1 Å². The summed E-state index contributed by atoms with van der Waals surface area (Å²) in [5, 5.41) is -0.114. The topological polar surface area (TPSA) is 17.1 Å². The zero-order valence-corrected chi connectivity index (χ0v) is 7.82. The van der Waals surface area contributed by atoms with Gasteiger partial charge >= 0.3 is 0 Å². The van der Waals surface area contributed by atoms with Crippen molar-refractivity contribution in [3.8, 4) is 0 Å². The standard InChI is InChI=1S/C8H10Cl2O/c1-8-4(2-3-5(8)11)6(9)7(8)10/h4,6-7H,2-3H2,1H3/t4-,6?,7?,8+/m0/s1. The number of carbonyl (C=O) groups is 1. The number of fused-ring (bicyclic) bond motifs is 1. The Kier molecular flexibility index (Phi) is 1.53. The van der Waals surface area contributed by atoms with Crippen LogP contribution in [0.2, 0.25) is 0 Å². The molecule has 0 aromatic rings. The molecule has 0 aromatic heterocycles. The molecule has 0 amide bonds. The van der Waals surface area contributed by atoms with Gasteiger partial charge in [-0.15, -0.1) is 23.2 Å². The highest BCUT2D eigenvalue weighted by Crippen LogP contribution is 2.59. The van der Waals surface area contributed by atoms with Crippen molar-refractivity contribution in [2.75, 3.05) is 0 Å². The molecular weight excluding hydrogens is 183 g/mol. The summed E-state index contributed by atoms with van der Waals surface area (Å²) in [5.74, 6) is 0.651. The van der Waals surface area contributed by atoms with Gasteiger partial charge in [-0.25, -0.2) is 0 Å². The lowest BCUT2D eigenvalue weighted by molar-refractivity contribution is -0.129. The largest absolute Gasteiger partial charge is 0.299 e. The van der Waals surface area contributed by atoms with Crippen LogP contribution in [0.1, 0.15) is 19.8 Å². The molecule has 0 aliphatic heterocycles. The molecule has 11 heavy (non-hydrogen) atoms. The summed E-state index contributed by atoms with van der Waals surface area (Å²) in [7, 11) is 0. The molecule has 62 valence electrons. The van der Waals surface area contributed by atoms with Crippen molar-refractivity contribution in [1.29, 1.82) is 0 Å². The smallest absolute Gasteiger partial charge is 0.140 e. The highest BCUT2D eigenvalue weighted by atomic mass is 35.5. The van der Waals surface area contributed by atoms with E-state index in [1.54, 1.807) is 0 Å². The number of hydrogen-bond acceptors (Lipinski definition) is 1. The maximum atomic E-state index is 11.4. The van der Waals surface area contributed by atoms with Crippen LogP contribution in [-0.2, 0) is 4.79 Å². The van der Waals surface area contributed by atoms with Gasteiger partial charge in [-0.1, -0.05) is 6.92 Å². The molecule has 0 saturated heterocycles. The van der Waals surface area contributed by atoms with E-state index in [9.17, 15) is 4.79 Å². The molecule has 0 N–H and O–H groups in total. The predicted molar refractivity (Wildman–Crippen MR) is 45.1 cm³/mol. The first-order chi connectivity index (χ1) is 5.08. The number of ketones is 1. The van der Waals surface area contributed by atoms with Crippen LogP contribution >= 0.6 is 23.2 Å². The summed E-state index contributed by atoms with van der Waals surface area (Å²) >= 11 is 12.0. The maximum Gasteiger partial charge on any atom is 0.140 e. The van der Waals surface area contributed by atoms with Gasteiger partial charge in [-0.3, -0.25) is 4.79 Å². The summed E-state index contributed by atoms with van der Waals surface area (Å²) in [6.07, 6.45) is 1.61. The predicted octanol–water partition coefficient (Wildman–Crippen LogP) is 2.20. The minimum atomic E-state index is -0.284. The summed E-state index contributed by atoms with van der Waals surface area (Å²) < 4.78 is 0. The summed E-state index contributed by atoms with van der Waals surface area (Å²) in [5.41, 5.74) is -0.284. The van der Waals surface area contributed by atoms with Gasteiger partial charge in [-0.05, 0) is 12.3 Å². The fourth-order valence-electron chi connectivity index (χ4n) is 2.33. The van der Waals surface area contributed by atoms with Crippen LogP contribution in [0, 0.1) is 11.3 Å². The average Bonchev–Trinajstić information content (AvgIpc) is 2.27. The van der Waals surface area contributed by atoms with E-state index in [1.807, 2.05) is 6.92 Å². The van der Waals surface area contributed by atoms with Crippen LogP contribution in [0.5, 0.6) is 0 Å². The highest BCUT2D eigenvalue weighted by molar-refractivity contribution is 6.34. The summed E-state index contributed by atoms with van der Waals surface area (Å²) in [6, 6.07) is 0. The number of halogens is 2. The Morgan fingerprint density at radius 1 is 1.55 bits per heavy atom. The van der Waals surface area contributed by atoms with Crippen LogP contribution in [0.25, 0.3) is 0 Å². The third-order valence-electron chi connectivity index (χ3n) is 3.29. The zero-order chi connectivity index (χ0) is 8.22. The molecule has 2 fully saturated rings. The second-order valence-electron chi connectivity index (χ2n) is 3.70. The molecule has 2 rings (SSSR count). The van der Waals surface area contributed by atoms with Crippen LogP contribution in [0.4, 0.5) is 0 Å². The number of Topliss-reactive ketones (excluding diaryl/α,β-unsaturated/α-hetero) is 1. The first-order valence-electron chi connectivity index (χ1n) is 3.90. The molecule has 2 saturated carbocycles. The highest BCUT2D eigenvalue weighted by Gasteiger charge is 2.64. The Morgan fingerprint density at radius 2 is 2.18 bits per heavy atom. The fraction of sp³-hybridized carbons (Fsp3) is 0.875. The lowest BCUT2D eigenvalue weighted by Gasteiger charge is -2.49. The second kappa shape index (κ2) is 2.14. The van der Waals surface area contributed by atoms with Crippen molar-refractivity contribution in [1.82, 2.24) is 0 Å². The van der Waals surface area contributed by atoms with Gasteiger partial charge in [0.2, 0.25) is 0 Å². The van der Waals surface area contributed by atoms with E-state index < -0.39 is 0 Å². The quantitative estimate of drug-likeness (QED) is 0.539. The number of hydrogen-bond donors (Lipinski definition) is 0. The zero-order valence-electron chi connectivity index (χ0n) is 6.31. The minimum Gasteiger partial charge on any atom is -0.299 e. The molecule has 2 unspecified atom stereocenters. The lowest BCUT2D eigenvalue weighted by Crippen LogP contribution is -2.58. The molecule has 0 aromatic carbocycles. The summed E-state index contributed by atoms with van der Waals surface area (Å²) in [6.45, 7) is 1.95. The number of rotatable bonds is 0.